The molecule has 8 heteroatoms. The van der Waals surface area contributed by atoms with Crippen LogP contribution in [0.15, 0.2) is 88.7 Å². The van der Waals surface area contributed by atoms with Gasteiger partial charge in [-0.3, -0.25) is 4.79 Å². The Morgan fingerprint density at radius 3 is 2.34 bits per heavy atom. The predicted octanol–water partition coefficient (Wildman–Crippen LogP) is 4.20. The molecular formula is C24H26N2O4S2. The van der Waals surface area contributed by atoms with Crippen molar-refractivity contribution < 1.29 is 17.9 Å². The second kappa shape index (κ2) is 11.8. The monoisotopic (exact) mass is 470 g/mol. The molecule has 3 aromatic rings. The number of rotatable bonds is 11. The van der Waals surface area contributed by atoms with Crippen LogP contribution in [0.2, 0.25) is 0 Å². The lowest BCUT2D eigenvalue weighted by atomic mass is 10.2. The smallest absolute Gasteiger partial charge is 0.256 e. The van der Waals surface area contributed by atoms with Crippen molar-refractivity contribution in [2.75, 3.05) is 31.3 Å². The van der Waals surface area contributed by atoms with Gasteiger partial charge >= 0.3 is 0 Å². The molecular weight excluding hydrogens is 444 g/mol. The zero-order valence-electron chi connectivity index (χ0n) is 17.8. The van der Waals surface area contributed by atoms with Crippen LogP contribution in [-0.2, 0) is 21.2 Å². The first kappa shape index (κ1) is 24.0. The number of carbonyl (C=O) groups excluding carboxylic acids is 1. The number of benzene rings is 3. The predicted molar refractivity (Wildman–Crippen MR) is 129 cm³/mol. The van der Waals surface area contributed by atoms with Crippen LogP contribution in [0.1, 0.15) is 15.9 Å². The summed E-state index contributed by atoms with van der Waals surface area (Å²) in [6.07, 6.45) is 0.607. The van der Waals surface area contributed by atoms with E-state index in [-0.39, 0.29) is 10.8 Å². The summed E-state index contributed by atoms with van der Waals surface area (Å²) in [5.41, 5.74) is 2.15. The third-order valence-electron chi connectivity index (χ3n) is 4.65. The number of hydrogen-bond donors (Lipinski definition) is 2. The Bertz CT molecular complexity index is 1120. The van der Waals surface area contributed by atoms with Gasteiger partial charge < -0.3 is 10.1 Å². The van der Waals surface area contributed by atoms with Gasteiger partial charge in [0.2, 0.25) is 10.0 Å². The molecule has 3 rings (SSSR count). The Morgan fingerprint density at radius 1 is 0.938 bits per heavy atom. The normalized spacial score (nSPS) is 11.3. The first-order valence-corrected chi connectivity index (χ1v) is 12.6. The number of carbonyl (C=O) groups is 1. The molecule has 32 heavy (non-hydrogen) atoms. The van der Waals surface area contributed by atoms with Gasteiger partial charge in [-0.05, 0) is 48.4 Å². The summed E-state index contributed by atoms with van der Waals surface area (Å²) in [4.78, 5) is 13.8. The van der Waals surface area contributed by atoms with Crippen molar-refractivity contribution in [3.05, 3.63) is 90.0 Å². The number of methoxy groups -OCH3 is 1. The summed E-state index contributed by atoms with van der Waals surface area (Å²) in [6, 6.07) is 23.2. The molecule has 6 nitrogen and oxygen atoms in total. The van der Waals surface area contributed by atoms with Crippen molar-refractivity contribution in [1.82, 2.24) is 4.72 Å². The van der Waals surface area contributed by atoms with Crippen molar-refractivity contribution in [2.45, 2.75) is 16.2 Å². The molecule has 0 aromatic heterocycles. The minimum Gasteiger partial charge on any atom is -0.384 e. The van der Waals surface area contributed by atoms with Crippen LogP contribution in [0.5, 0.6) is 0 Å². The van der Waals surface area contributed by atoms with E-state index in [9.17, 15) is 13.2 Å². The lowest BCUT2D eigenvalue weighted by molar-refractivity contribution is 0.102. The average molecular weight is 471 g/mol. The van der Waals surface area contributed by atoms with Gasteiger partial charge in [0.05, 0.1) is 17.1 Å². The zero-order valence-corrected chi connectivity index (χ0v) is 19.4. The SMILES string of the molecule is COCCSc1ccccc1C(=O)Nc1ccc(S(=O)(=O)NCCc2ccccc2)cc1. The molecule has 0 unspecified atom stereocenters. The van der Waals surface area contributed by atoms with E-state index in [4.69, 9.17) is 4.74 Å². The second-order valence-electron chi connectivity index (χ2n) is 6.95. The molecule has 0 fully saturated rings. The quantitative estimate of drug-likeness (QED) is 0.324. The van der Waals surface area contributed by atoms with Gasteiger partial charge in [-0.1, -0.05) is 42.5 Å². The van der Waals surface area contributed by atoms with Crippen molar-refractivity contribution in [3.8, 4) is 0 Å². The summed E-state index contributed by atoms with van der Waals surface area (Å²) in [6.45, 7) is 0.901. The van der Waals surface area contributed by atoms with Gasteiger partial charge in [0.15, 0.2) is 0 Å². The van der Waals surface area contributed by atoms with Crippen LogP contribution in [0.4, 0.5) is 5.69 Å². The number of thioether (sulfide) groups is 1. The number of ether oxygens (including phenoxy) is 1. The number of amides is 1. The molecule has 0 aliphatic carbocycles. The maximum atomic E-state index is 12.7. The zero-order chi connectivity index (χ0) is 22.8. The molecule has 0 heterocycles. The van der Waals surface area contributed by atoms with Crippen LogP contribution >= 0.6 is 11.8 Å². The molecule has 168 valence electrons. The Hall–Kier alpha value is -2.65. The topological polar surface area (TPSA) is 84.5 Å². The van der Waals surface area contributed by atoms with Crippen LogP contribution in [0.25, 0.3) is 0 Å². The fraction of sp³-hybridized carbons (Fsp3) is 0.208. The van der Waals surface area contributed by atoms with E-state index < -0.39 is 10.0 Å². The van der Waals surface area contributed by atoms with E-state index in [2.05, 4.69) is 10.0 Å². The van der Waals surface area contributed by atoms with Crippen molar-refractivity contribution in [2.24, 2.45) is 0 Å². The highest BCUT2D eigenvalue weighted by Gasteiger charge is 2.15. The Kier molecular flexibility index (Phi) is 8.87. The number of sulfonamides is 1. The Labute approximate surface area is 193 Å². The molecule has 0 radical (unpaired) electrons. The van der Waals surface area contributed by atoms with Crippen molar-refractivity contribution >= 4 is 33.4 Å². The first-order chi connectivity index (χ1) is 15.5. The standard InChI is InChI=1S/C24H26N2O4S2/c1-30-17-18-31-23-10-6-5-9-22(23)24(27)26-20-11-13-21(14-12-20)32(28,29)25-16-15-19-7-3-2-4-8-19/h2-14,25H,15-18H2,1H3,(H,26,27). The van der Waals surface area contributed by atoms with Gasteiger partial charge in [-0.15, -0.1) is 11.8 Å². The van der Waals surface area contributed by atoms with Crippen LogP contribution in [-0.4, -0.2) is 40.3 Å². The highest BCUT2D eigenvalue weighted by atomic mass is 32.2. The van der Waals surface area contributed by atoms with E-state index in [0.29, 0.717) is 30.8 Å². The van der Waals surface area contributed by atoms with E-state index >= 15 is 0 Å². The van der Waals surface area contributed by atoms with Crippen LogP contribution < -0.4 is 10.0 Å². The number of anilines is 1. The fourth-order valence-corrected chi connectivity index (χ4v) is 4.98. The van der Waals surface area contributed by atoms with Gasteiger partial charge in [0.25, 0.3) is 5.91 Å². The minimum absolute atomic E-state index is 0.152. The van der Waals surface area contributed by atoms with Crippen molar-refractivity contribution in [1.29, 1.82) is 0 Å². The summed E-state index contributed by atoms with van der Waals surface area (Å²) in [7, 11) is -1.98. The van der Waals surface area contributed by atoms with Crippen LogP contribution in [0.3, 0.4) is 0 Å². The molecule has 0 saturated heterocycles. The molecule has 0 aliphatic heterocycles. The fourth-order valence-electron chi connectivity index (χ4n) is 2.99. The molecule has 0 saturated carbocycles. The highest BCUT2D eigenvalue weighted by molar-refractivity contribution is 7.99. The summed E-state index contributed by atoms with van der Waals surface area (Å²) in [5, 5.41) is 2.83. The average Bonchev–Trinajstić information content (AvgIpc) is 2.80. The van der Waals surface area contributed by atoms with Gasteiger partial charge in [-0.25, -0.2) is 13.1 Å². The lowest BCUT2D eigenvalue weighted by Crippen LogP contribution is -2.26. The number of hydrogen-bond acceptors (Lipinski definition) is 5. The van der Waals surface area contributed by atoms with E-state index in [0.717, 1.165) is 16.2 Å². The maximum absolute atomic E-state index is 12.7. The summed E-state index contributed by atoms with van der Waals surface area (Å²) >= 11 is 1.55. The van der Waals surface area contributed by atoms with Gasteiger partial charge in [0.1, 0.15) is 0 Å². The summed E-state index contributed by atoms with van der Waals surface area (Å²) < 4.78 is 32.8. The largest absolute Gasteiger partial charge is 0.384 e. The first-order valence-electron chi connectivity index (χ1n) is 10.2. The van der Waals surface area contributed by atoms with Crippen molar-refractivity contribution in [3.63, 3.8) is 0 Å². The molecule has 1 amide bonds. The molecule has 2 N–H and O–H groups in total. The van der Waals surface area contributed by atoms with Crippen LogP contribution in [0, 0.1) is 0 Å². The molecule has 0 spiro atoms. The lowest BCUT2D eigenvalue weighted by Gasteiger charge is -2.11. The maximum Gasteiger partial charge on any atom is 0.256 e. The number of nitrogens with one attached hydrogen (secondary N) is 2. The third-order valence-corrected chi connectivity index (χ3v) is 7.16. The van der Waals surface area contributed by atoms with E-state index in [1.165, 1.54) is 12.1 Å². The molecule has 0 aliphatic rings. The molecule has 0 atom stereocenters. The summed E-state index contributed by atoms with van der Waals surface area (Å²) in [5.74, 6) is 0.493. The Balaban J connectivity index is 1.60. The van der Waals surface area contributed by atoms with Gasteiger partial charge in [0, 0.05) is 30.0 Å². The van der Waals surface area contributed by atoms with E-state index in [1.807, 2.05) is 48.5 Å². The molecule has 3 aromatic carbocycles. The van der Waals surface area contributed by atoms with E-state index in [1.54, 1.807) is 37.1 Å². The molecule has 0 bridgehead atoms. The highest BCUT2D eigenvalue weighted by Crippen LogP contribution is 2.24. The third kappa shape index (κ3) is 6.93. The Morgan fingerprint density at radius 2 is 1.62 bits per heavy atom. The minimum atomic E-state index is -3.63. The van der Waals surface area contributed by atoms with Gasteiger partial charge in [-0.2, -0.15) is 0 Å². The second-order valence-corrected chi connectivity index (χ2v) is 9.85.